The van der Waals surface area contributed by atoms with Crippen LogP contribution >= 0.6 is 0 Å². The van der Waals surface area contributed by atoms with Crippen LogP contribution in [0.1, 0.15) is 233 Å². The van der Waals surface area contributed by atoms with E-state index in [1.165, 1.54) is 59.7 Å². The van der Waals surface area contributed by atoms with Gasteiger partial charge in [0.05, 0.1) is 36.6 Å². The van der Waals surface area contributed by atoms with Gasteiger partial charge in [-0.25, -0.2) is 55.1 Å². The third kappa shape index (κ3) is 25.4. The number of ether oxygens (including phenoxy) is 6. The van der Waals surface area contributed by atoms with Gasteiger partial charge in [0, 0.05) is 66.9 Å². The summed E-state index contributed by atoms with van der Waals surface area (Å²) < 4.78 is 128. The highest BCUT2D eigenvalue weighted by atomic mass is 19.2. The molecule has 0 aliphatic carbocycles. The number of aromatic amines is 4. The Morgan fingerprint density at radius 3 is 1.03 bits per heavy atom. The first kappa shape index (κ1) is 110. The van der Waals surface area contributed by atoms with Gasteiger partial charge in [-0.2, -0.15) is 19.7 Å². The van der Waals surface area contributed by atoms with Crippen LogP contribution < -0.4 is 67.8 Å². The van der Waals surface area contributed by atoms with Crippen molar-refractivity contribution in [3.63, 3.8) is 0 Å². The Kier molecular flexibility index (Phi) is 38.8. The molecule has 6 aromatic heterocycles. The van der Waals surface area contributed by atoms with Crippen LogP contribution in [0.2, 0.25) is 0 Å². The van der Waals surface area contributed by atoms with Crippen LogP contribution in [-0.4, -0.2) is 202 Å². The molecule has 6 aromatic rings. The summed E-state index contributed by atoms with van der Waals surface area (Å²) in [6, 6.07) is 6.28. The van der Waals surface area contributed by atoms with Gasteiger partial charge < -0.3 is 70.5 Å². The number of nitrogens with one attached hydrogen (secondary N) is 4. The molecule has 0 amide bonds. The SMILES string of the molecule is CC(C)/C=C/[C@]1(CO)O[C@@H](n2ccc(=O)[nH]c2=O)[C@H](F)[C@@H]1O.CC(C)CC[C@]1(CO)O[C@@H](n2ccc(N)nc2=O)[C@H](F)[C@@H]1O.CC(C)CC[C@]1(CO)O[C@@H](n2ncc(=O)[nH]c2=O)[C@H](F)[C@@H]1O.CC[C@@]1(/C=C/C(C)C)O[C@@H](n2ccc(=O)[nH]c2=O)[C@H](F)[C@@H]1C.CC[C@@]1(CCC(C)C)O[C@@H](n2ccc(=O)[nH]c2=O)[C@H](F)[C@@H]1C.CC[C@@]1(CCC(C)C)O[C@@H](n2ccc(N)nc2=O)[C@H](F)[C@@H]1C. The average molecular weight is 1880 g/mol. The summed E-state index contributed by atoms with van der Waals surface area (Å²) in [5.74, 6) is 1.21. The maximum atomic E-state index is 14.8. The molecular weight excluding hydrogens is 1750 g/mol. The Morgan fingerprint density at radius 1 is 0.386 bits per heavy atom. The molecule has 12 rings (SSSR count). The van der Waals surface area contributed by atoms with Crippen molar-refractivity contribution in [2.75, 3.05) is 31.3 Å². The lowest BCUT2D eigenvalue weighted by atomic mass is 9.80. The Bertz CT molecular complexity index is 5100. The molecule has 37 nitrogen and oxygen atoms in total. The molecule has 0 bridgehead atoms. The highest BCUT2D eigenvalue weighted by molar-refractivity contribution is 5.25. The van der Waals surface area contributed by atoms with Crippen LogP contribution in [0.4, 0.5) is 38.0 Å². The second kappa shape index (κ2) is 46.7. The van der Waals surface area contributed by atoms with Crippen LogP contribution in [0.3, 0.4) is 0 Å². The average Bonchev–Trinajstić information content (AvgIpc) is 1.65. The summed E-state index contributed by atoms with van der Waals surface area (Å²) in [6.07, 6.45) is -0.132. The minimum atomic E-state index is -1.95. The summed E-state index contributed by atoms with van der Waals surface area (Å²) >= 11 is 0. The molecule has 0 saturated carbocycles. The molecule has 6 aliphatic rings. The fourth-order valence-corrected chi connectivity index (χ4v) is 16.6. The summed E-state index contributed by atoms with van der Waals surface area (Å²) in [5.41, 5.74) is -2.28. The summed E-state index contributed by atoms with van der Waals surface area (Å²) in [6.45, 7) is 33.9. The minimum absolute atomic E-state index is 0.0171. The summed E-state index contributed by atoms with van der Waals surface area (Å²) in [5, 5.41) is 62.7. The van der Waals surface area contributed by atoms with E-state index in [-0.39, 0.29) is 48.1 Å². The van der Waals surface area contributed by atoms with Crippen LogP contribution in [0, 0.1) is 53.3 Å². The molecule has 14 N–H and O–H groups in total. The van der Waals surface area contributed by atoms with Crippen molar-refractivity contribution in [1.82, 2.24) is 62.5 Å². The smallest absolute Gasteiger partial charge is 0.351 e. The lowest BCUT2D eigenvalue weighted by Crippen LogP contribution is -2.45. The van der Waals surface area contributed by atoms with E-state index in [2.05, 4.69) is 52.7 Å². The van der Waals surface area contributed by atoms with Gasteiger partial charge in [0.1, 0.15) is 52.9 Å². The van der Waals surface area contributed by atoms with Gasteiger partial charge >= 0.3 is 34.1 Å². The zero-order chi connectivity index (χ0) is 98.9. The van der Waals surface area contributed by atoms with Crippen LogP contribution in [0.25, 0.3) is 0 Å². The number of aliphatic hydroxyl groups is 6. The maximum absolute atomic E-state index is 14.8. The Labute approximate surface area is 758 Å². The number of rotatable bonds is 28. The molecule has 43 heteroatoms. The normalized spacial score (nSPS) is 31.9. The lowest BCUT2D eigenvalue weighted by molar-refractivity contribution is -0.137. The second-order valence-corrected chi connectivity index (χ2v) is 37.1. The van der Waals surface area contributed by atoms with Crippen molar-refractivity contribution in [3.8, 4) is 0 Å². The van der Waals surface area contributed by atoms with Gasteiger partial charge in [-0.05, 0) is 118 Å². The first-order valence-corrected chi connectivity index (χ1v) is 44.8. The van der Waals surface area contributed by atoms with E-state index in [4.69, 9.17) is 39.9 Å². The number of H-pyrrole nitrogens is 4. The fraction of sp³-hybridized carbons (Fsp3) is 0.697. The van der Waals surface area contributed by atoms with E-state index in [9.17, 15) is 105 Å². The van der Waals surface area contributed by atoms with Crippen molar-refractivity contribution >= 4 is 11.6 Å². The molecule has 6 fully saturated rings. The summed E-state index contributed by atoms with van der Waals surface area (Å²) in [4.78, 5) is 131. The van der Waals surface area contributed by atoms with E-state index in [0.29, 0.717) is 54.0 Å². The van der Waals surface area contributed by atoms with Crippen LogP contribution in [-0.2, 0) is 28.4 Å². The number of halogens is 6. The van der Waals surface area contributed by atoms with Crippen molar-refractivity contribution in [3.05, 3.63) is 196 Å². The molecule has 0 spiro atoms. The van der Waals surface area contributed by atoms with Crippen LogP contribution in [0.15, 0.2) is 140 Å². The van der Waals surface area contributed by atoms with Crippen molar-refractivity contribution in [2.45, 2.75) is 322 Å². The van der Waals surface area contributed by atoms with E-state index in [1.807, 2.05) is 112 Å². The van der Waals surface area contributed by atoms with Gasteiger partial charge in [0.2, 0.25) is 0 Å². The lowest BCUT2D eigenvalue weighted by Gasteiger charge is -2.32. The maximum Gasteiger partial charge on any atom is 0.351 e. The van der Waals surface area contributed by atoms with Crippen LogP contribution in [0.5, 0.6) is 0 Å². The Balaban J connectivity index is 0.000000216. The highest BCUT2D eigenvalue weighted by Gasteiger charge is 2.60. The molecule has 740 valence electrons. The van der Waals surface area contributed by atoms with Crippen molar-refractivity contribution in [1.29, 1.82) is 0 Å². The topological polar surface area (TPSA) is 531 Å². The number of nitrogens with two attached hydrogens (primary N) is 2. The number of aliphatic hydroxyl groups excluding tert-OH is 6. The first-order chi connectivity index (χ1) is 61.8. The third-order valence-corrected chi connectivity index (χ3v) is 25.3. The number of hydrogen-bond acceptors (Lipinski definition) is 27. The number of aromatic nitrogens is 13. The monoisotopic (exact) mass is 1880 g/mol. The molecule has 0 radical (unpaired) electrons. The summed E-state index contributed by atoms with van der Waals surface area (Å²) in [7, 11) is 0. The quantitative estimate of drug-likeness (QED) is 0.0171. The van der Waals surface area contributed by atoms with Gasteiger partial charge in [-0.1, -0.05) is 149 Å². The molecule has 6 aliphatic heterocycles. The van der Waals surface area contributed by atoms with E-state index in [0.717, 1.165) is 68.8 Å². The predicted octanol–water partition coefficient (Wildman–Crippen LogP) is 7.19. The second-order valence-electron chi connectivity index (χ2n) is 37.1. The standard InChI is InChI=1S/C16H26FN3O2.C16H25FN2O3.C16H23FN2O3.C14H22FN3O4.C14H19FN2O5.C13H20FN3O5/c1-5-16(8-6-10(2)3)11(4)13(17)14(22-16)20-9-7-12(18)19-15(20)21;2*1-5-16(8-6-10(2)3)11(4)13(17)14(22-16)19-9-7-12(20)18-15(19)21;1-8(2)3-5-14(7-19)11(20)10(15)12(22-14)18-6-4-9(16)17-13(18)21;1-8(2)3-5-14(7-18)11(20)10(15)12(22-14)17-6-4-9(19)16-13(17)21;1-7(2)3-4-13(6-18)10(20)9(14)11(22-13)17-12(21)16-8(19)5-15-17/h7,9-11,13-14H,5-6,8H2,1-4H3,(H2,18,19,21);7,9-11,13-14H,5-6,8H2,1-4H3,(H,18,20,21);6-11,13-14H,5H2,1-4H3,(H,18,20,21);4,6,8,10-12,19-20H,3,5,7H2,1-2H3,(H2,16,17,21);3-6,8,10-12,18,20H,7H2,1-2H3,(H,16,19,21);5,7,9-11,18,20H,3-4,6H2,1-2H3,(H,16,19,21)/b;;8-6+;;5-3+;/t3*11-,13+,14+,16-;2*10-,11+,12-,14-;9-,10+,11-,13-/m000111/s1. The largest absolute Gasteiger partial charge is 0.393 e. The molecule has 0 unspecified atom stereocenters. The third-order valence-electron chi connectivity index (χ3n) is 25.3. The number of alkyl halides is 6. The molecule has 12 heterocycles. The predicted molar refractivity (Wildman–Crippen MR) is 477 cm³/mol. The number of anilines is 2. The molecular formula is C89H135F6N15O22. The Hall–Kier alpha value is -9.41. The number of allylic oxidation sites excluding steroid dienone is 2. The molecule has 24 atom stereocenters. The molecule has 0 aromatic carbocycles. The zero-order valence-corrected chi connectivity index (χ0v) is 78.1. The van der Waals surface area contributed by atoms with E-state index >= 15 is 0 Å². The van der Waals surface area contributed by atoms with Crippen molar-refractivity contribution < 1.29 is 85.4 Å². The van der Waals surface area contributed by atoms with E-state index < -0.39 is 208 Å². The zero-order valence-electron chi connectivity index (χ0n) is 78.1. The fourth-order valence-electron chi connectivity index (χ4n) is 16.6. The highest BCUT2D eigenvalue weighted by Crippen LogP contribution is 2.51. The molecule has 132 heavy (non-hydrogen) atoms. The van der Waals surface area contributed by atoms with Gasteiger partial charge in [-0.3, -0.25) is 61.9 Å². The number of nitrogens with zero attached hydrogens (tertiary/aromatic N) is 9. The Morgan fingerprint density at radius 2 is 0.689 bits per heavy atom. The van der Waals surface area contributed by atoms with Gasteiger partial charge in [-0.15, -0.1) is 0 Å². The van der Waals surface area contributed by atoms with E-state index in [1.54, 1.807) is 13.0 Å². The molecule has 6 saturated heterocycles. The minimum Gasteiger partial charge on any atom is -0.393 e. The number of hydrogen-bond donors (Lipinski definition) is 12. The first-order valence-electron chi connectivity index (χ1n) is 44.8. The van der Waals surface area contributed by atoms with Gasteiger partial charge in [0.25, 0.3) is 22.2 Å². The van der Waals surface area contributed by atoms with Gasteiger partial charge in [0.15, 0.2) is 74.4 Å². The number of nitrogen functional groups attached to an aromatic ring is 2. The van der Waals surface area contributed by atoms with Crippen molar-refractivity contribution in [2.24, 2.45) is 53.3 Å².